The minimum atomic E-state index is 0.363. The van der Waals surface area contributed by atoms with E-state index in [-0.39, 0.29) is 0 Å². The maximum Gasteiger partial charge on any atom is 0.218 e. The molecule has 51 heavy (non-hydrogen) atoms. The summed E-state index contributed by atoms with van der Waals surface area (Å²) >= 11 is 1.91. The molecule has 0 saturated carbocycles. The molecule has 5 aromatic heterocycles. The van der Waals surface area contributed by atoms with Crippen LogP contribution in [0.25, 0.3) is 87.0 Å². The van der Waals surface area contributed by atoms with Crippen molar-refractivity contribution >= 4 is 75.8 Å². The van der Waals surface area contributed by atoms with Gasteiger partial charge in [0.05, 0.1) is 28.0 Å². The average Bonchev–Trinajstić information content (AvgIpc) is 3.82. The topological polar surface area (TPSA) is 12.2 Å². The lowest BCUT2D eigenvalue weighted by atomic mass is 9.82. The van der Waals surface area contributed by atoms with Gasteiger partial charge in [-0.05, 0) is 86.0 Å². The first-order chi connectivity index (χ1) is 25.2. The normalized spacial score (nSPS) is 16.0. The fraction of sp³-hybridized carbons (Fsp3) is 0.106. The molecule has 0 spiro atoms. The van der Waals surface area contributed by atoms with Crippen molar-refractivity contribution in [3.05, 3.63) is 157 Å². The van der Waals surface area contributed by atoms with Gasteiger partial charge >= 0.3 is 0 Å². The number of benzene rings is 5. The molecule has 0 bridgehead atoms. The van der Waals surface area contributed by atoms with Crippen LogP contribution in [0.15, 0.2) is 146 Å². The monoisotopic (exact) mass is 673 g/mol. The third-order valence-electron chi connectivity index (χ3n) is 11.5. The van der Waals surface area contributed by atoms with Crippen LogP contribution in [0.4, 0.5) is 0 Å². The fourth-order valence-electron chi connectivity index (χ4n) is 9.20. The van der Waals surface area contributed by atoms with E-state index >= 15 is 0 Å². The van der Waals surface area contributed by atoms with E-state index in [9.17, 15) is 0 Å². The summed E-state index contributed by atoms with van der Waals surface area (Å²) in [5.74, 6) is 0.389. The zero-order valence-electron chi connectivity index (χ0n) is 28.5. The highest BCUT2D eigenvalue weighted by Gasteiger charge is 2.36. The summed E-state index contributed by atoms with van der Waals surface area (Å²) in [6.07, 6.45) is 10.0. The van der Waals surface area contributed by atoms with E-state index in [0.717, 1.165) is 6.42 Å². The predicted octanol–water partition coefficient (Wildman–Crippen LogP) is 11.6. The molecular formula is C47H35N3S+2. The number of hydrogen-bond donors (Lipinski definition) is 0. The van der Waals surface area contributed by atoms with Crippen LogP contribution >= 0.6 is 11.3 Å². The SMILES string of the molecule is Cc1cc2c(cc1-c1cccc[n+]1/C=C/CC1c3ccccc3-c3cccc[n+]3C1C)c1c3c(cc4c5ccccc5n2c41)sc1ccccc13. The number of nitrogens with zero attached hydrogens (tertiary/aromatic N) is 3. The first-order valence-electron chi connectivity index (χ1n) is 17.9. The Bertz CT molecular complexity index is 3050. The van der Waals surface area contributed by atoms with E-state index < -0.39 is 0 Å². The molecule has 11 rings (SSSR count). The van der Waals surface area contributed by atoms with E-state index in [1.807, 2.05) is 11.3 Å². The minimum Gasteiger partial charge on any atom is -0.308 e. The van der Waals surface area contributed by atoms with Crippen molar-refractivity contribution in [3.63, 3.8) is 0 Å². The maximum atomic E-state index is 2.52. The van der Waals surface area contributed by atoms with Gasteiger partial charge in [0.15, 0.2) is 24.6 Å². The number of pyridine rings is 2. The second kappa shape index (κ2) is 10.8. The number of para-hydroxylation sites is 1. The van der Waals surface area contributed by atoms with Gasteiger partial charge in [0.25, 0.3) is 0 Å². The second-order valence-electron chi connectivity index (χ2n) is 14.2. The first kappa shape index (κ1) is 28.9. The van der Waals surface area contributed by atoms with Gasteiger partial charge < -0.3 is 4.40 Å². The van der Waals surface area contributed by atoms with Crippen molar-refractivity contribution in [2.45, 2.75) is 32.2 Å². The minimum absolute atomic E-state index is 0.363. The molecule has 4 heteroatoms. The molecule has 242 valence electrons. The summed E-state index contributed by atoms with van der Waals surface area (Å²) in [6.45, 7) is 4.63. The van der Waals surface area contributed by atoms with E-state index in [4.69, 9.17) is 0 Å². The lowest BCUT2D eigenvalue weighted by molar-refractivity contribution is -0.714. The molecule has 6 heterocycles. The van der Waals surface area contributed by atoms with E-state index in [2.05, 4.69) is 179 Å². The van der Waals surface area contributed by atoms with Gasteiger partial charge in [0, 0.05) is 71.5 Å². The van der Waals surface area contributed by atoms with E-state index in [1.165, 1.54) is 91.9 Å². The molecule has 2 unspecified atom stereocenters. The Labute approximate surface area is 299 Å². The molecule has 0 fully saturated rings. The molecule has 0 saturated heterocycles. The largest absolute Gasteiger partial charge is 0.308 e. The Morgan fingerprint density at radius 2 is 1.41 bits per heavy atom. The van der Waals surface area contributed by atoms with Crippen molar-refractivity contribution in [2.24, 2.45) is 0 Å². The molecule has 0 N–H and O–H groups in total. The Morgan fingerprint density at radius 1 is 0.647 bits per heavy atom. The highest BCUT2D eigenvalue weighted by molar-refractivity contribution is 7.26. The number of hydrogen-bond acceptors (Lipinski definition) is 1. The van der Waals surface area contributed by atoms with Crippen LogP contribution in [-0.4, -0.2) is 4.40 Å². The molecule has 5 aromatic carbocycles. The third kappa shape index (κ3) is 4.05. The molecule has 3 nitrogen and oxygen atoms in total. The van der Waals surface area contributed by atoms with Gasteiger partial charge in [0.1, 0.15) is 0 Å². The van der Waals surface area contributed by atoms with E-state index in [0.29, 0.717) is 12.0 Å². The van der Waals surface area contributed by atoms with Crippen molar-refractivity contribution in [2.75, 3.05) is 0 Å². The highest BCUT2D eigenvalue weighted by Crippen LogP contribution is 2.48. The van der Waals surface area contributed by atoms with Crippen molar-refractivity contribution in [1.82, 2.24) is 4.40 Å². The molecule has 0 radical (unpaired) electrons. The third-order valence-corrected chi connectivity index (χ3v) is 12.6. The fourth-order valence-corrected chi connectivity index (χ4v) is 10.4. The summed E-state index contributed by atoms with van der Waals surface area (Å²) in [5.41, 5.74) is 11.7. The van der Waals surface area contributed by atoms with Crippen LogP contribution in [-0.2, 0) is 0 Å². The number of allylic oxidation sites excluding steroid dienone is 1. The van der Waals surface area contributed by atoms with Gasteiger partial charge in [-0.25, -0.2) is 0 Å². The summed E-state index contributed by atoms with van der Waals surface area (Å²) < 4.78 is 9.99. The number of fused-ring (bicyclic) bond motifs is 13. The quantitative estimate of drug-likeness (QED) is 0.165. The van der Waals surface area contributed by atoms with Crippen LogP contribution in [0.5, 0.6) is 0 Å². The zero-order valence-corrected chi connectivity index (χ0v) is 29.4. The zero-order chi connectivity index (χ0) is 33.8. The standard InChI is InChI=1S/C47H35N3S/c1-29-26-42-38(46-45-35-17-6-8-22-43(35)51-44(45)28-37-34-16-5-7-21-41(34)50(42)47(37)46)27-36(29)39-19-9-11-23-48(39)24-13-18-31-30(2)49-25-12-10-20-40(49)33-15-4-3-14-32(31)33/h3-17,19-28,30-31H,18H2,1-2H3/q+2/b24-13+. The smallest absolute Gasteiger partial charge is 0.218 e. The lowest BCUT2D eigenvalue weighted by Crippen LogP contribution is -2.45. The average molecular weight is 674 g/mol. The summed E-state index contributed by atoms with van der Waals surface area (Å²) in [5, 5.41) is 8.07. The number of rotatable bonds is 4. The Morgan fingerprint density at radius 3 is 2.33 bits per heavy atom. The molecule has 1 aliphatic heterocycles. The number of aryl methyl sites for hydroxylation is 1. The molecule has 0 amide bonds. The van der Waals surface area contributed by atoms with Crippen LogP contribution in [0.3, 0.4) is 0 Å². The molecule has 0 aliphatic carbocycles. The van der Waals surface area contributed by atoms with Crippen LogP contribution in [0.1, 0.15) is 36.4 Å². The van der Waals surface area contributed by atoms with Crippen LogP contribution in [0.2, 0.25) is 0 Å². The summed E-state index contributed by atoms with van der Waals surface area (Å²) in [4.78, 5) is 0. The highest BCUT2D eigenvalue weighted by atomic mass is 32.1. The van der Waals surface area contributed by atoms with Crippen molar-refractivity contribution in [1.29, 1.82) is 0 Å². The Kier molecular flexibility index (Phi) is 6.15. The lowest BCUT2D eigenvalue weighted by Gasteiger charge is -2.27. The number of aromatic nitrogens is 3. The first-order valence-corrected chi connectivity index (χ1v) is 18.8. The van der Waals surface area contributed by atoms with Gasteiger partial charge in [-0.1, -0.05) is 54.6 Å². The van der Waals surface area contributed by atoms with Gasteiger partial charge in [0.2, 0.25) is 11.4 Å². The molecule has 10 aromatic rings. The summed E-state index contributed by atoms with van der Waals surface area (Å²) in [7, 11) is 0. The Hall–Kier alpha value is -5.84. The molecule has 2 atom stereocenters. The van der Waals surface area contributed by atoms with Crippen LogP contribution in [0, 0.1) is 6.92 Å². The second-order valence-corrected chi connectivity index (χ2v) is 15.3. The Balaban J connectivity index is 1.08. The number of thiophene rings is 1. The van der Waals surface area contributed by atoms with Crippen molar-refractivity contribution < 1.29 is 9.13 Å². The molecular weight excluding hydrogens is 639 g/mol. The van der Waals surface area contributed by atoms with Crippen LogP contribution < -0.4 is 9.13 Å². The van der Waals surface area contributed by atoms with Crippen molar-refractivity contribution in [3.8, 4) is 22.5 Å². The van der Waals surface area contributed by atoms with Gasteiger partial charge in [-0.15, -0.1) is 11.3 Å². The van der Waals surface area contributed by atoms with Gasteiger partial charge in [-0.2, -0.15) is 9.13 Å². The maximum absolute atomic E-state index is 2.52. The van der Waals surface area contributed by atoms with Gasteiger partial charge in [-0.3, -0.25) is 0 Å². The van der Waals surface area contributed by atoms with E-state index in [1.54, 1.807) is 0 Å². The predicted molar refractivity (Wildman–Crippen MR) is 214 cm³/mol. The summed E-state index contributed by atoms with van der Waals surface area (Å²) in [6, 6.07) is 47.6. The molecule has 1 aliphatic rings.